The van der Waals surface area contributed by atoms with Gasteiger partial charge in [0.1, 0.15) is 5.82 Å². The molecule has 1 fully saturated rings. The van der Waals surface area contributed by atoms with Crippen LogP contribution < -0.4 is 10.2 Å². The van der Waals surface area contributed by atoms with E-state index in [2.05, 4.69) is 55.2 Å². The zero-order valence-electron chi connectivity index (χ0n) is 21.0. The van der Waals surface area contributed by atoms with Gasteiger partial charge in [-0.3, -0.25) is 14.9 Å². The van der Waals surface area contributed by atoms with Crippen LogP contribution in [0.25, 0.3) is 22.0 Å². The Kier molecular flexibility index (Phi) is 6.67. The highest BCUT2D eigenvalue weighted by Gasteiger charge is 2.23. The SMILES string of the molecule is CC1CN(c2ccc(NC(=O)c3n[nH]c4ccc(-c5cncc(CN(C)C)c5)cc34)cn2)CC(C)O1. The van der Waals surface area contributed by atoms with Crippen molar-refractivity contribution in [1.29, 1.82) is 0 Å². The predicted molar refractivity (Wildman–Crippen MR) is 141 cm³/mol. The van der Waals surface area contributed by atoms with Crippen LogP contribution in [0, 0.1) is 0 Å². The smallest absolute Gasteiger partial charge is 0.276 e. The molecule has 2 atom stereocenters. The first-order valence-electron chi connectivity index (χ1n) is 12.1. The van der Waals surface area contributed by atoms with Gasteiger partial charge in [0.15, 0.2) is 5.69 Å². The maximum atomic E-state index is 13.1. The van der Waals surface area contributed by atoms with Gasteiger partial charge in [-0.1, -0.05) is 6.07 Å². The number of anilines is 2. The summed E-state index contributed by atoms with van der Waals surface area (Å²) in [7, 11) is 4.06. The highest BCUT2D eigenvalue weighted by atomic mass is 16.5. The highest BCUT2D eigenvalue weighted by molar-refractivity contribution is 6.11. The summed E-state index contributed by atoms with van der Waals surface area (Å²) in [4.78, 5) is 26.4. The molecule has 1 saturated heterocycles. The summed E-state index contributed by atoms with van der Waals surface area (Å²) in [6.45, 7) is 6.51. The van der Waals surface area contributed by atoms with Crippen LogP contribution >= 0.6 is 0 Å². The van der Waals surface area contributed by atoms with E-state index in [1.165, 1.54) is 0 Å². The number of fused-ring (bicyclic) bond motifs is 1. The van der Waals surface area contributed by atoms with Crippen LogP contribution in [-0.4, -0.2) is 70.4 Å². The van der Waals surface area contributed by atoms with E-state index in [0.29, 0.717) is 11.4 Å². The first-order chi connectivity index (χ1) is 17.4. The molecule has 3 aromatic heterocycles. The fourth-order valence-electron chi connectivity index (χ4n) is 4.67. The number of hydrogen-bond acceptors (Lipinski definition) is 7. The third kappa shape index (κ3) is 5.22. The summed E-state index contributed by atoms with van der Waals surface area (Å²) in [5, 5.41) is 10.9. The molecule has 1 aliphatic rings. The van der Waals surface area contributed by atoms with Gasteiger partial charge >= 0.3 is 0 Å². The minimum Gasteiger partial charge on any atom is -0.372 e. The summed E-state index contributed by atoms with van der Waals surface area (Å²) in [6.07, 6.45) is 5.69. The van der Waals surface area contributed by atoms with Crippen LogP contribution in [0.15, 0.2) is 55.0 Å². The molecule has 9 nitrogen and oxygen atoms in total. The van der Waals surface area contributed by atoms with Gasteiger partial charge in [-0.15, -0.1) is 0 Å². The van der Waals surface area contributed by atoms with Gasteiger partial charge < -0.3 is 19.9 Å². The first kappa shape index (κ1) is 23.9. The number of carbonyl (C=O) groups is 1. The molecular formula is C27H31N7O2. The normalized spacial score (nSPS) is 18.1. The van der Waals surface area contributed by atoms with E-state index in [1.807, 2.05) is 56.8 Å². The molecule has 2 unspecified atom stereocenters. The number of nitrogens with zero attached hydrogens (tertiary/aromatic N) is 5. The third-order valence-electron chi connectivity index (χ3n) is 6.15. The second-order valence-electron chi connectivity index (χ2n) is 9.67. The fraction of sp³-hybridized carbons (Fsp3) is 0.333. The number of benzene rings is 1. The van der Waals surface area contributed by atoms with E-state index in [4.69, 9.17) is 4.74 Å². The number of aromatic amines is 1. The lowest BCUT2D eigenvalue weighted by molar-refractivity contribution is -0.00545. The van der Waals surface area contributed by atoms with Crippen molar-refractivity contribution < 1.29 is 9.53 Å². The number of hydrogen-bond donors (Lipinski definition) is 2. The second kappa shape index (κ2) is 10.0. The van der Waals surface area contributed by atoms with Gasteiger partial charge in [-0.05, 0) is 69.4 Å². The van der Waals surface area contributed by atoms with Gasteiger partial charge in [0, 0.05) is 43.0 Å². The Morgan fingerprint density at radius 1 is 1.08 bits per heavy atom. The van der Waals surface area contributed by atoms with Gasteiger partial charge in [0.2, 0.25) is 0 Å². The van der Waals surface area contributed by atoms with Crippen molar-refractivity contribution in [3.8, 4) is 11.1 Å². The molecule has 0 saturated carbocycles. The quantitative estimate of drug-likeness (QED) is 0.427. The molecule has 9 heteroatoms. The van der Waals surface area contributed by atoms with E-state index >= 15 is 0 Å². The van der Waals surface area contributed by atoms with Crippen molar-refractivity contribution in [3.63, 3.8) is 0 Å². The number of pyridine rings is 2. The monoisotopic (exact) mass is 485 g/mol. The first-order valence-corrected chi connectivity index (χ1v) is 12.1. The maximum Gasteiger partial charge on any atom is 0.276 e. The summed E-state index contributed by atoms with van der Waals surface area (Å²) < 4.78 is 5.81. The summed E-state index contributed by atoms with van der Waals surface area (Å²) in [5.74, 6) is 0.580. The van der Waals surface area contributed by atoms with E-state index in [-0.39, 0.29) is 18.1 Å². The largest absolute Gasteiger partial charge is 0.372 e. The van der Waals surface area contributed by atoms with Gasteiger partial charge in [0.05, 0.1) is 29.6 Å². The Morgan fingerprint density at radius 2 is 1.89 bits per heavy atom. The zero-order chi connectivity index (χ0) is 25.2. The molecule has 0 aliphatic carbocycles. The molecular weight excluding hydrogens is 454 g/mol. The van der Waals surface area contributed by atoms with Crippen LogP contribution in [-0.2, 0) is 11.3 Å². The molecule has 1 amide bonds. The molecule has 0 bridgehead atoms. The molecule has 1 aromatic carbocycles. The lowest BCUT2D eigenvalue weighted by atomic mass is 10.0. The average molecular weight is 486 g/mol. The number of ether oxygens (including phenoxy) is 1. The van der Waals surface area contributed by atoms with E-state index in [0.717, 1.165) is 53.0 Å². The number of morpholine rings is 1. The molecule has 0 radical (unpaired) electrons. The summed E-state index contributed by atoms with van der Waals surface area (Å²) in [5.41, 5.74) is 4.85. The Balaban J connectivity index is 1.34. The Hall–Kier alpha value is -3.82. The van der Waals surface area contributed by atoms with Gasteiger partial charge in [0.25, 0.3) is 5.91 Å². The third-order valence-corrected chi connectivity index (χ3v) is 6.15. The van der Waals surface area contributed by atoms with Crippen molar-refractivity contribution in [1.82, 2.24) is 25.1 Å². The van der Waals surface area contributed by atoms with Crippen molar-refractivity contribution in [2.75, 3.05) is 37.4 Å². The molecule has 186 valence electrons. The van der Waals surface area contributed by atoms with Crippen LogP contribution in [0.3, 0.4) is 0 Å². The zero-order valence-corrected chi connectivity index (χ0v) is 21.0. The van der Waals surface area contributed by atoms with Crippen LogP contribution in [0.4, 0.5) is 11.5 Å². The minimum absolute atomic E-state index is 0.152. The number of amides is 1. The number of rotatable bonds is 6. The van der Waals surface area contributed by atoms with Crippen LogP contribution in [0.1, 0.15) is 29.9 Å². The van der Waals surface area contributed by atoms with Gasteiger partial charge in [-0.25, -0.2) is 4.98 Å². The van der Waals surface area contributed by atoms with E-state index in [1.54, 1.807) is 6.20 Å². The standard InChI is InChI=1S/C27H31N7O2/c1-17-14-34(15-18(2)36-17)25-8-6-22(13-29-25)30-27(35)26-23-10-20(5-7-24(23)31-32-26)21-9-19(11-28-12-21)16-33(3)4/h5-13,17-18H,14-16H2,1-4H3,(H,30,35)(H,31,32). The summed E-state index contributed by atoms with van der Waals surface area (Å²) in [6, 6.07) is 11.8. The lowest BCUT2D eigenvalue weighted by Crippen LogP contribution is -2.45. The molecule has 5 rings (SSSR count). The molecule has 0 spiro atoms. The van der Waals surface area contributed by atoms with Crippen molar-refractivity contribution in [3.05, 3.63) is 66.2 Å². The van der Waals surface area contributed by atoms with Crippen molar-refractivity contribution in [2.24, 2.45) is 0 Å². The number of aromatic nitrogens is 4. The molecule has 4 aromatic rings. The summed E-state index contributed by atoms with van der Waals surface area (Å²) >= 11 is 0. The Bertz CT molecular complexity index is 1360. The van der Waals surface area contributed by atoms with Crippen molar-refractivity contribution >= 4 is 28.3 Å². The fourth-order valence-corrected chi connectivity index (χ4v) is 4.67. The topological polar surface area (TPSA) is 99.3 Å². The maximum absolute atomic E-state index is 13.1. The lowest BCUT2D eigenvalue weighted by Gasteiger charge is -2.36. The Labute approximate surface area is 210 Å². The molecule has 2 N–H and O–H groups in total. The molecule has 36 heavy (non-hydrogen) atoms. The predicted octanol–water partition coefficient (Wildman–Crippen LogP) is 3.95. The average Bonchev–Trinajstić information content (AvgIpc) is 3.27. The Morgan fingerprint density at radius 3 is 2.61 bits per heavy atom. The number of carbonyl (C=O) groups excluding carboxylic acids is 1. The van der Waals surface area contributed by atoms with Crippen molar-refractivity contribution in [2.45, 2.75) is 32.6 Å². The number of H-pyrrole nitrogens is 1. The minimum atomic E-state index is -0.291. The van der Waals surface area contributed by atoms with E-state index < -0.39 is 0 Å². The van der Waals surface area contributed by atoms with Gasteiger partial charge in [-0.2, -0.15) is 5.10 Å². The molecule has 4 heterocycles. The van der Waals surface area contributed by atoms with Crippen LogP contribution in [0.5, 0.6) is 0 Å². The van der Waals surface area contributed by atoms with E-state index in [9.17, 15) is 4.79 Å². The number of nitrogens with one attached hydrogen (secondary N) is 2. The van der Waals surface area contributed by atoms with Crippen LogP contribution in [0.2, 0.25) is 0 Å². The highest BCUT2D eigenvalue weighted by Crippen LogP contribution is 2.27. The molecule has 1 aliphatic heterocycles. The second-order valence-corrected chi connectivity index (χ2v) is 9.67.